The van der Waals surface area contributed by atoms with Gasteiger partial charge in [-0.3, -0.25) is 10.2 Å². The summed E-state index contributed by atoms with van der Waals surface area (Å²) >= 11 is 0. The zero-order valence-corrected chi connectivity index (χ0v) is 13.9. The van der Waals surface area contributed by atoms with Crippen molar-refractivity contribution in [1.82, 2.24) is 25.7 Å². The van der Waals surface area contributed by atoms with Crippen LogP contribution in [-0.2, 0) is 11.3 Å². The number of amides is 1. The first kappa shape index (κ1) is 15.6. The Morgan fingerprint density at radius 3 is 3.08 bits per heavy atom. The van der Waals surface area contributed by atoms with E-state index in [-0.39, 0.29) is 11.9 Å². The quantitative estimate of drug-likeness (QED) is 0.729. The largest absolute Gasteiger partial charge is 0.355 e. The molecular formula is C18H25N5O. The number of rotatable bonds is 5. The SMILES string of the molecule is O=C(NCCCn1cnc2ccccc21)C1NNC2CCCCC21. The summed E-state index contributed by atoms with van der Waals surface area (Å²) in [7, 11) is 0. The molecule has 3 unspecified atom stereocenters. The van der Waals surface area contributed by atoms with Gasteiger partial charge in [0.2, 0.25) is 5.91 Å². The van der Waals surface area contributed by atoms with Crippen LogP contribution in [0.25, 0.3) is 11.0 Å². The Morgan fingerprint density at radius 1 is 1.25 bits per heavy atom. The molecule has 1 saturated heterocycles. The normalized spacial score (nSPS) is 26.4. The lowest BCUT2D eigenvalue weighted by Gasteiger charge is -2.26. The Balaban J connectivity index is 1.26. The number of nitrogens with zero attached hydrogens (tertiary/aromatic N) is 2. The summed E-state index contributed by atoms with van der Waals surface area (Å²) in [5.41, 5.74) is 8.67. The number of para-hydroxylation sites is 2. The highest BCUT2D eigenvalue weighted by Gasteiger charge is 2.40. The van der Waals surface area contributed by atoms with Gasteiger partial charge in [-0.2, -0.15) is 0 Å². The van der Waals surface area contributed by atoms with Gasteiger partial charge in [-0.1, -0.05) is 25.0 Å². The molecule has 1 saturated carbocycles. The van der Waals surface area contributed by atoms with Crippen LogP contribution in [0.15, 0.2) is 30.6 Å². The minimum absolute atomic E-state index is 0.0793. The Morgan fingerprint density at radius 2 is 2.12 bits per heavy atom. The molecule has 3 N–H and O–H groups in total. The molecular weight excluding hydrogens is 302 g/mol. The molecule has 3 atom stereocenters. The van der Waals surface area contributed by atoms with E-state index in [4.69, 9.17) is 0 Å². The van der Waals surface area contributed by atoms with E-state index >= 15 is 0 Å². The van der Waals surface area contributed by atoms with Crippen molar-refractivity contribution in [2.24, 2.45) is 5.92 Å². The minimum atomic E-state index is -0.0793. The van der Waals surface area contributed by atoms with Crippen molar-refractivity contribution in [3.05, 3.63) is 30.6 Å². The number of hydrazine groups is 1. The Bertz CT molecular complexity index is 712. The van der Waals surface area contributed by atoms with Gasteiger partial charge in [-0.15, -0.1) is 0 Å². The van der Waals surface area contributed by atoms with Crippen LogP contribution < -0.4 is 16.2 Å². The molecule has 6 heteroatoms. The van der Waals surface area contributed by atoms with Crippen molar-refractivity contribution in [3.8, 4) is 0 Å². The summed E-state index contributed by atoms with van der Waals surface area (Å²) in [6, 6.07) is 8.52. The fourth-order valence-corrected chi connectivity index (χ4v) is 4.06. The van der Waals surface area contributed by atoms with Crippen LogP contribution in [0.4, 0.5) is 0 Å². The fourth-order valence-electron chi connectivity index (χ4n) is 4.06. The molecule has 2 aliphatic rings. The van der Waals surface area contributed by atoms with Crippen LogP contribution >= 0.6 is 0 Å². The lowest BCUT2D eigenvalue weighted by molar-refractivity contribution is -0.124. The van der Waals surface area contributed by atoms with Gasteiger partial charge in [-0.25, -0.2) is 10.4 Å². The van der Waals surface area contributed by atoms with Crippen molar-refractivity contribution in [2.45, 2.75) is 50.7 Å². The molecule has 2 fully saturated rings. The molecule has 1 aliphatic carbocycles. The number of fused-ring (bicyclic) bond motifs is 2. The number of carbonyl (C=O) groups excluding carboxylic acids is 1. The number of imidazole rings is 1. The average Bonchev–Trinajstić information content (AvgIpc) is 3.23. The van der Waals surface area contributed by atoms with E-state index in [9.17, 15) is 4.79 Å². The zero-order chi connectivity index (χ0) is 16.4. The second-order valence-electron chi connectivity index (χ2n) is 6.89. The maximum absolute atomic E-state index is 12.4. The monoisotopic (exact) mass is 327 g/mol. The Labute approximate surface area is 142 Å². The highest BCUT2D eigenvalue weighted by atomic mass is 16.2. The maximum Gasteiger partial charge on any atom is 0.238 e. The van der Waals surface area contributed by atoms with Gasteiger partial charge in [0.25, 0.3) is 0 Å². The third-order valence-electron chi connectivity index (χ3n) is 5.36. The van der Waals surface area contributed by atoms with Crippen molar-refractivity contribution >= 4 is 16.9 Å². The van der Waals surface area contributed by atoms with Gasteiger partial charge >= 0.3 is 0 Å². The maximum atomic E-state index is 12.4. The average molecular weight is 327 g/mol. The molecule has 1 aromatic heterocycles. The number of benzene rings is 1. The van der Waals surface area contributed by atoms with Crippen molar-refractivity contribution in [1.29, 1.82) is 0 Å². The van der Waals surface area contributed by atoms with E-state index in [2.05, 4.69) is 31.8 Å². The van der Waals surface area contributed by atoms with Crippen molar-refractivity contribution in [3.63, 3.8) is 0 Å². The second-order valence-corrected chi connectivity index (χ2v) is 6.89. The zero-order valence-electron chi connectivity index (χ0n) is 13.9. The molecule has 4 rings (SSSR count). The highest BCUT2D eigenvalue weighted by Crippen LogP contribution is 2.30. The predicted octanol–water partition coefficient (Wildman–Crippen LogP) is 1.58. The van der Waals surface area contributed by atoms with Gasteiger partial charge in [0.05, 0.1) is 17.4 Å². The van der Waals surface area contributed by atoms with Crippen LogP contribution in [0.2, 0.25) is 0 Å². The topological polar surface area (TPSA) is 71.0 Å². The van der Waals surface area contributed by atoms with Crippen LogP contribution in [0.5, 0.6) is 0 Å². The smallest absolute Gasteiger partial charge is 0.238 e. The molecule has 24 heavy (non-hydrogen) atoms. The lowest BCUT2D eigenvalue weighted by Crippen LogP contribution is -2.46. The number of nitrogens with one attached hydrogen (secondary N) is 3. The molecule has 0 bridgehead atoms. The standard InChI is InChI=1S/C18H25N5O/c24-18(17-13-6-1-2-7-14(13)21-22-17)19-10-5-11-23-12-20-15-8-3-4-9-16(15)23/h3-4,8-9,12-14,17,21-22H,1-2,5-7,10-11H2,(H,19,24). The molecule has 1 aromatic carbocycles. The van der Waals surface area contributed by atoms with Crippen molar-refractivity contribution < 1.29 is 4.79 Å². The van der Waals surface area contributed by atoms with Gasteiger partial charge < -0.3 is 9.88 Å². The number of hydrogen-bond acceptors (Lipinski definition) is 4. The van der Waals surface area contributed by atoms with Crippen LogP contribution in [0.3, 0.4) is 0 Å². The number of hydrogen-bond donors (Lipinski definition) is 3. The summed E-state index contributed by atoms with van der Waals surface area (Å²) in [6.45, 7) is 1.56. The first-order valence-electron chi connectivity index (χ1n) is 9.01. The number of carbonyl (C=O) groups is 1. The summed E-state index contributed by atoms with van der Waals surface area (Å²) in [4.78, 5) is 16.8. The third-order valence-corrected chi connectivity index (χ3v) is 5.36. The molecule has 1 amide bonds. The number of aromatic nitrogens is 2. The molecule has 6 nitrogen and oxygen atoms in total. The van der Waals surface area contributed by atoms with E-state index in [0.29, 0.717) is 18.5 Å². The molecule has 128 valence electrons. The van der Waals surface area contributed by atoms with E-state index in [0.717, 1.165) is 30.4 Å². The van der Waals surface area contributed by atoms with Crippen LogP contribution in [0.1, 0.15) is 32.1 Å². The van der Waals surface area contributed by atoms with E-state index in [1.807, 2.05) is 24.5 Å². The first-order chi connectivity index (χ1) is 11.8. The summed E-state index contributed by atoms with van der Waals surface area (Å²) in [5, 5.41) is 3.09. The predicted molar refractivity (Wildman–Crippen MR) is 93.2 cm³/mol. The fraction of sp³-hybridized carbons (Fsp3) is 0.556. The van der Waals surface area contributed by atoms with E-state index < -0.39 is 0 Å². The lowest BCUT2D eigenvalue weighted by atomic mass is 9.81. The van der Waals surface area contributed by atoms with Crippen LogP contribution in [0, 0.1) is 5.92 Å². The summed E-state index contributed by atoms with van der Waals surface area (Å²) in [5.74, 6) is 0.573. The van der Waals surface area contributed by atoms with Crippen LogP contribution in [-0.4, -0.2) is 34.1 Å². The van der Waals surface area contributed by atoms with Gasteiger partial charge in [0, 0.05) is 25.0 Å². The molecule has 0 radical (unpaired) electrons. The first-order valence-corrected chi connectivity index (χ1v) is 9.01. The Kier molecular flexibility index (Phi) is 4.49. The van der Waals surface area contributed by atoms with E-state index in [1.54, 1.807) is 0 Å². The number of aryl methyl sites for hydroxylation is 1. The van der Waals surface area contributed by atoms with E-state index in [1.165, 1.54) is 19.3 Å². The van der Waals surface area contributed by atoms with Crippen molar-refractivity contribution in [2.75, 3.05) is 6.54 Å². The Hall–Kier alpha value is -1.92. The minimum Gasteiger partial charge on any atom is -0.355 e. The van der Waals surface area contributed by atoms with Gasteiger partial charge in [-0.05, 0) is 31.4 Å². The second kappa shape index (κ2) is 6.91. The molecule has 0 spiro atoms. The summed E-state index contributed by atoms with van der Waals surface area (Å²) < 4.78 is 2.15. The molecule has 1 aliphatic heterocycles. The third kappa shape index (κ3) is 3.03. The van der Waals surface area contributed by atoms with Gasteiger partial charge in [0.1, 0.15) is 6.04 Å². The summed E-state index contributed by atoms with van der Waals surface area (Å²) in [6.07, 6.45) is 7.60. The molecule has 2 aromatic rings. The molecule has 2 heterocycles. The van der Waals surface area contributed by atoms with Gasteiger partial charge in [0.15, 0.2) is 0 Å². The highest BCUT2D eigenvalue weighted by molar-refractivity contribution is 5.82.